The Morgan fingerprint density at radius 3 is 2.31 bits per heavy atom. The second-order valence-electron chi connectivity index (χ2n) is 6.87. The van der Waals surface area contributed by atoms with Gasteiger partial charge in [-0.25, -0.2) is 9.59 Å². The highest BCUT2D eigenvalue weighted by atomic mass is 32.2. The maximum atomic E-state index is 12.2. The normalized spacial score (nSPS) is 20.9. The molecule has 1 saturated heterocycles. The van der Waals surface area contributed by atoms with Crippen molar-refractivity contribution in [1.29, 1.82) is 0 Å². The largest absolute Gasteiger partial charge is 0.463 e. The van der Waals surface area contributed by atoms with Crippen LogP contribution in [0.1, 0.15) is 34.1 Å². The van der Waals surface area contributed by atoms with Crippen molar-refractivity contribution in [2.24, 2.45) is 0 Å². The Balaban J connectivity index is 2.99. The van der Waals surface area contributed by atoms with Gasteiger partial charge in [-0.2, -0.15) is 8.42 Å². The number of amides is 1. The minimum Gasteiger partial charge on any atom is -0.463 e. The van der Waals surface area contributed by atoms with Gasteiger partial charge in [-0.1, -0.05) is 6.58 Å². The molecular weight excluding hydrogens is 366 g/mol. The van der Waals surface area contributed by atoms with E-state index in [-0.39, 0.29) is 18.6 Å². The second kappa shape index (κ2) is 8.17. The van der Waals surface area contributed by atoms with E-state index in [0.29, 0.717) is 6.29 Å². The van der Waals surface area contributed by atoms with Crippen LogP contribution < -0.4 is 0 Å². The van der Waals surface area contributed by atoms with E-state index < -0.39 is 46.0 Å². The Bertz CT molecular complexity index is 679. The summed E-state index contributed by atoms with van der Waals surface area (Å²) in [5.74, 6) is -0.707. The van der Waals surface area contributed by atoms with Crippen molar-refractivity contribution < 1.29 is 36.5 Å². The molecule has 9 nitrogen and oxygen atoms in total. The van der Waals surface area contributed by atoms with Gasteiger partial charge in [0.2, 0.25) is 0 Å². The summed E-state index contributed by atoms with van der Waals surface area (Å²) in [7, 11) is -3.92. The number of nitrogens with zero attached hydrogens (tertiary/aromatic N) is 1. The summed E-state index contributed by atoms with van der Waals surface area (Å²) < 4.78 is 38.1. The van der Waals surface area contributed by atoms with Gasteiger partial charge in [0, 0.05) is 12.0 Å². The molecule has 1 aliphatic rings. The number of aldehydes is 1. The number of esters is 1. The smallest absolute Gasteiger partial charge is 0.411 e. The predicted molar refractivity (Wildman–Crippen MR) is 91.8 cm³/mol. The third-order valence-corrected chi connectivity index (χ3v) is 3.93. The summed E-state index contributed by atoms with van der Waals surface area (Å²) in [6.45, 7) is 10.3. The molecule has 3 atom stereocenters. The van der Waals surface area contributed by atoms with Crippen LogP contribution >= 0.6 is 0 Å². The summed E-state index contributed by atoms with van der Waals surface area (Å²) in [6, 6.07) is -1.80. The lowest BCUT2D eigenvalue weighted by molar-refractivity contribution is -0.138. The molecule has 0 saturated carbocycles. The first-order valence-electron chi connectivity index (χ1n) is 8.00. The van der Waals surface area contributed by atoms with E-state index in [1.807, 2.05) is 0 Å². The molecule has 148 valence electrons. The predicted octanol–water partition coefficient (Wildman–Crippen LogP) is 1.03. The van der Waals surface area contributed by atoms with Gasteiger partial charge < -0.3 is 14.3 Å². The van der Waals surface area contributed by atoms with Crippen molar-refractivity contribution in [3.63, 3.8) is 0 Å². The first-order chi connectivity index (χ1) is 11.8. The van der Waals surface area contributed by atoms with Crippen LogP contribution in [0.15, 0.2) is 12.2 Å². The highest BCUT2D eigenvalue weighted by Crippen LogP contribution is 2.36. The maximum Gasteiger partial charge on any atom is 0.411 e. The van der Waals surface area contributed by atoms with Gasteiger partial charge in [0.25, 0.3) is 10.1 Å². The zero-order valence-electron chi connectivity index (χ0n) is 15.6. The van der Waals surface area contributed by atoms with Crippen LogP contribution in [0, 0.1) is 0 Å². The van der Waals surface area contributed by atoms with Crippen molar-refractivity contribution in [2.45, 2.75) is 57.9 Å². The van der Waals surface area contributed by atoms with Crippen molar-refractivity contribution >= 4 is 28.5 Å². The third-order valence-electron chi connectivity index (χ3n) is 3.34. The van der Waals surface area contributed by atoms with Crippen LogP contribution in [0.25, 0.3) is 0 Å². The van der Waals surface area contributed by atoms with Crippen LogP contribution in [0.5, 0.6) is 0 Å². The second-order valence-corrected chi connectivity index (χ2v) is 8.47. The number of hydrogen-bond donors (Lipinski definition) is 0. The SMILES string of the molecule is C=C(C[C@@H](OS(C)(=O)=O)[C@@H]1[C@H](C=O)N1C(=O)OC(C)(C)C)C(=O)OCC. The van der Waals surface area contributed by atoms with E-state index in [0.717, 1.165) is 11.2 Å². The molecule has 1 heterocycles. The molecule has 0 aliphatic carbocycles. The Morgan fingerprint density at radius 2 is 1.88 bits per heavy atom. The lowest BCUT2D eigenvalue weighted by atomic mass is 10.1. The highest BCUT2D eigenvalue weighted by Gasteiger charge is 2.58. The molecule has 0 spiro atoms. The summed E-state index contributed by atoms with van der Waals surface area (Å²) in [4.78, 5) is 36.3. The van der Waals surface area contributed by atoms with Crippen LogP contribution in [-0.2, 0) is 33.4 Å². The summed E-state index contributed by atoms with van der Waals surface area (Å²) >= 11 is 0. The van der Waals surface area contributed by atoms with Crippen molar-refractivity contribution in [2.75, 3.05) is 12.9 Å². The highest BCUT2D eigenvalue weighted by molar-refractivity contribution is 7.86. The quantitative estimate of drug-likeness (QED) is 0.198. The molecule has 1 rings (SSSR count). The Kier molecular flexibility index (Phi) is 6.95. The average molecular weight is 391 g/mol. The van der Waals surface area contributed by atoms with Gasteiger partial charge >= 0.3 is 12.1 Å². The molecule has 1 aliphatic heterocycles. The Labute approximate surface area is 153 Å². The number of hydrogen-bond acceptors (Lipinski definition) is 8. The van der Waals surface area contributed by atoms with E-state index in [2.05, 4.69) is 6.58 Å². The van der Waals surface area contributed by atoms with Crippen molar-refractivity contribution in [1.82, 2.24) is 4.90 Å². The number of rotatable bonds is 8. The van der Waals surface area contributed by atoms with Gasteiger partial charge in [0.1, 0.15) is 24.0 Å². The van der Waals surface area contributed by atoms with E-state index in [1.165, 1.54) is 0 Å². The fourth-order valence-electron chi connectivity index (χ4n) is 2.37. The topological polar surface area (TPSA) is 116 Å². The fourth-order valence-corrected chi connectivity index (χ4v) is 3.00. The van der Waals surface area contributed by atoms with Crippen LogP contribution in [0.4, 0.5) is 4.79 Å². The molecule has 1 fully saturated rings. The first-order valence-corrected chi connectivity index (χ1v) is 9.82. The number of carbonyl (C=O) groups excluding carboxylic acids is 3. The number of ether oxygens (including phenoxy) is 2. The molecule has 0 unspecified atom stereocenters. The lowest BCUT2D eigenvalue weighted by Gasteiger charge is -2.21. The third kappa shape index (κ3) is 6.41. The molecule has 0 aromatic heterocycles. The molecule has 0 aromatic carbocycles. The van der Waals surface area contributed by atoms with E-state index in [1.54, 1.807) is 27.7 Å². The molecule has 10 heteroatoms. The average Bonchev–Trinajstić information content (AvgIpc) is 3.18. The van der Waals surface area contributed by atoms with Crippen LogP contribution in [0.2, 0.25) is 0 Å². The van der Waals surface area contributed by atoms with Crippen molar-refractivity contribution in [3.8, 4) is 0 Å². The zero-order chi connectivity index (χ0) is 20.3. The van der Waals surface area contributed by atoms with Gasteiger partial charge in [0.15, 0.2) is 0 Å². The Morgan fingerprint density at radius 1 is 1.31 bits per heavy atom. The van der Waals surface area contributed by atoms with E-state index in [9.17, 15) is 22.8 Å². The van der Waals surface area contributed by atoms with E-state index in [4.69, 9.17) is 13.7 Å². The summed E-state index contributed by atoms with van der Waals surface area (Å²) in [6.07, 6.45) is -0.822. The molecule has 0 N–H and O–H groups in total. The molecule has 0 aromatic rings. The standard InChI is InChI=1S/C16H25NO8S/c1-7-23-14(19)10(2)8-12(25-26(6,21)22)13-11(9-18)17(13)15(20)24-16(3,4)5/h9,11-13H,2,7-8H2,1,3-6H3/t11-,12+,13-,17?/m0/s1. The molecule has 1 amide bonds. The fraction of sp³-hybridized carbons (Fsp3) is 0.688. The monoisotopic (exact) mass is 391 g/mol. The van der Waals surface area contributed by atoms with Crippen LogP contribution in [-0.4, -0.2) is 68.3 Å². The summed E-state index contributed by atoms with van der Waals surface area (Å²) in [5, 5.41) is 0. The molecular formula is C16H25NO8S. The van der Waals surface area contributed by atoms with Gasteiger partial charge in [0.05, 0.1) is 18.9 Å². The minimum atomic E-state index is -3.92. The van der Waals surface area contributed by atoms with Gasteiger partial charge in [-0.3, -0.25) is 9.08 Å². The van der Waals surface area contributed by atoms with Crippen molar-refractivity contribution in [3.05, 3.63) is 12.2 Å². The van der Waals surface area contributed by atoms with Gasteiger partial charge in [-0.15, -0.1) is 0 Å². The zero-order valence-corrected chi connectivity index (χ0v) is 16.4. The summed E-state index contributed by atoms with van der Waals surface area (Å²) in [5.41, 5.74) is -0.819. The first kappa shape index (κ1) is 22.1. The molecule has 0 bridgehead atoms. The Hall–Kier alpha value is -1.94. The van der Waals surface area contributed by atoms with Gasteiger partial charge in [-0.05, 0) is 27.7 Å². The van der Waals surface area contributed by atoms with Crippen LogP contribution in [0.3, 0.4) is 0 Å². The molecule has 0 radical (unpaired) electrons. The lowest BCUT2D eigenvalue weighted by Crippen LogP contribution is -2.32. The van der Waals surface area contributed by atoms with E-state index >= 15 is 0 Å². The minimum absolute atomic E-state index is 0.0267. The molecule has 26 heavy (non-hydrogen) atoms. The number of carbonyl (C=O) groups is 3. The maximum absolute atomic E-state index is 12.2.